The number of carbonyl (C=O) groups excluding carboxylic acids is 3. The van der Waals surface area contributed by atoms with Crippen LogP contribution in [0, 0.1) is 12.8 Å². The molecule has 0 spiro atoms. The molecule has 3 rings (SSSR count). The molecule has 3 amide bonds. The number of aromatic nitrogens is 1. The van der Waals surface area contributed by atoms with Gasteiger partial charge in [-0.05, 0) is 60.5 Å². The Morgan fingerprint density at radius 1 is 1.06 bits per heavy atom. The van der Waals surface area contributed by atoms with Gasteiger partial charge in [-0.25, -0.2) is 0 Å². The van der Waals surface area contributed by atoms with Crippen molar-refractivity contribution in [3.8, 4) is 0 Å². The molecule has 0 aliphatic heterocycles. The number of carbonyl (C=O) groups is 3. The van der Waals surface area contributed by atoms with Crippen LogP contribution in [-0.2, 0) is 11.2 Å². The number of aryl methyl sites for hydroxylation is 2. The van der Waals surface area contributed by atoms with Crippen LogP contribution < -0.4 is 21.7 Å². The quantitative estimate of drug-likeness (QED) is 0.378. The Bertz CT molecular complexity index is 1220. The van der Waals surface area contributed by atoms with E-state index in [2.05, 4.69) is 23.5 Å². The second-order valence-electron chi connectivity index (χ2n) is 9.12. The predicted molar refractivity (Wildman–Crippen MR) is 144 cm³/mol. The fourth-order valence-corrected chi connectivity index (χ4v) is 4.50. The number of nitrogens with one attached hydrogen (secondary N) is 1. The molecule has 1 heterocycles. The highest BCUT2D eigenvalue weighted by Crippen LogP contribution is 2.33. The van der Waals surface area contributed by atoms with E-state index in [0.29, 0.717) is 23.7 Å². The highest BCUT2D eigenvalue weighted by Gasteiger charge is 2.36. The van der Waals surface area contributed by atoms with Gasteiger partial charge >= 0.3 is 0 Å². The van der Waals surface area contributed by atoms with Gasteiger partial charge in [0.15, 0.2) is 5.69 Å². The maximum atomic E-state index is 14.0. The molecule has 36 heavy (non-hydrogen) atoms. The van der Waals surface area contributed by atoms with Gasteiger partial charge in [0, 0.05) is 12.2 Å². The fraction of sp³-hybridized carbons (Fsp3) is 0.333. The van der Waals surface area contributed by atoms with E-state index in [0.717, 1.165) is 35.5 Å². The van der Waals surface area contributed by atoms with Gasteiger partial charge in [0.1, 0.15) is 10.9 Å². The van der Waals surface area contributed by atoms with E-state index in [4.69, 9.17) is 11.5 Å². The molecule has 1 atom stereocenters. The second kappa shape index (κ2) is 11.8. The Labute approximate surface area is 215 Å². The summed E-state index contributed by atoms with van der Waals surface area (Å²) in [6.07, 6.45) is 1.63. The topological polar surface area (TPSA) is 131 Å². The summed E-state index contributed by atoms with van der Waals surface area (Å²) >= 11 is 0.793. The maximum absolute atomic E-state index is 14.0. The van der Waals surface area contributed by atoms with Crippen LogP contribution in [0.15, 0.2) is 48.5 Å². The summed E-state index contributed by atoms with van der Waals surface area (Å²) in [7, 11) is 0. The average molecular weight is 508 g/mol. The first kappa shape index (κ1) is 26.9. The molecule has 0 unspecified atom stereocenters. The van der Waals surface area contributed by atoms with E-state index >= 15 is 0 Å². The van der Waals surface area contributed by atoms with Gasteiger partial charge in [-0.2, -0.15) is 4.37 Å². The van der Waals surface area contributed by atoms with Crippen molar-refractivity contribution in [1.82, 2.24) is 9.69 Å². The summed E-state index contributed by atoms with van der Waals surface area (Å²) in [6, 6.07) is 14.0. The summed E-state index contributed by atoms with van der Waals surface area (Å²) in [6.45, 7) is 8.63. The average Bonchev–Trinajstić information content (AvgIpc) is 3.24. The van der Waals surface area contributed by atoms with Crippen LogP contribution in [0.5, 0.6) is 0 Å². The maximum Gasteiger partial charge on any atom is 0.273 e. The molecule has 0 saturated heterocycles. The number of nitrogens with two attached hydrogens (primary N) is 2. The first-order chi connectivity index (χ1) is 17.1. The van der Waals surface area contributed by atoms with E-state index in [-0.39, 0.29) is 22.2 Å². The van der Waals surface area contributed by atoms with Crippen molar-refractivity contribution in [2.24, 2.45) is 11.7 Å². The third-order valence-corrected chi connectivity index (χ3v) is 6.77. The zero-order valence-electron chi connectivity index (χ0n) is 21.1. The van der Waals surface area contributed by atoms with E-state index in [1.807, 2.05) is 62.4 Å². The largest absolute Gasteiger partial charge is 0.395 e. The van der Waals surface area contributed by atoms with Crippen molar-refractivity contribution in [3.63, 3.8) is 0 Å². The SMILES string of the molecule is CCc1ccc(N(C(=O)c2snc(C(N)=O)c2N)[C@H](C(=O)NCCC(C)C)c2ccc(C)cc2)cc1. The van der Waals surface area contributed by atoms with E-state index in [1.165, 1.54) is 4.90 Å². The summed E-state index contributed by atoms with van der Waals surface area (Å²) in [5.41, 5.74) is 14.5. The van der Waals surface area contributed by atoms with E-state index < -0.39 is 17.9 Å². The zero-order chi connectivity index (χ0) is 26.4. The summed E-state index contributed by atoms with van der Waals surface area (Å²) in [4.78, 5) is 40.9. The standard InChI is InChI=1S/C27H33N5O3S/c1-5-18-8-12-20(13-9-18)32(27(35)24-21(28)22(25(29)33)31-36-24)23(19-10-6-17(4)7-11-19)26(34)30-15-14-16(2)3/h6-13,16,23H,5,14-15,28H2,1-4H3,(H2,29,33)(H,30,34)/t23-/m0/s1. The second-order valence-corrected chi connectivity index (χ2v) is 9.89. The number of hydrogen-bond donors (Lipinski definition) is 3. The monoisotopic (exact) mass is 507 g/mol. The normalized spacial score (nSPS) is 11.8. The fourth-order valence-electron chi connectivity index (χ4n) is 3.76. The minimum atomic E-state index is -0.976. The van der Waals surface area contributed by atoms with Crippen LogP contribution in [0.25, 0.3) is 0 Å². The molecule has 0 aliphatic rings. The van der Waals surface area contributed by atoms with Crippen molar-refractivity contribution in [3.05, 3.63) is 75.8 Å². The molecular weight excluding hydrogens is 474 g/mol. The molecule has 0 radical (unpaired) electrons. The lowest BCUT2D eigenvalue weighted by Crippen LogP contribution is -2.44. The summed E-state index contributed by atoms with van der Waals surface area (Å²) in [5, 5.41) is 2.99. The Balaban J connectivity index is 2.15. The van der Waals surface area contributed by atoms with Crippen LogP contribution in [-0.4, -0.2) is 28.6 Å². The molecule has 2 aromatic carbocycles. The highest BCUT2D eigenvalue weighted by molar-refractivity contribution is 7.09. The molecular formula is C27H33N5O3S. The smallest absolute Gasteiger partial charge is 0.273 e. The number of benzene rings is 2. The van der Waals surface area contributed by atoms with Gasteiger partial charge < -0.3 is 16.8 Å². The molecule has 9 heteroatoms. The number of nitrogen functional groups attached to an aromatic ring is 1. The number of primary amides is 1. The Morgan fingerprint density at radius 3 is 2.22 bits per heavy atom. The van der Waals surface area contributed by atoms with Crippen molar-refractivity contribution < 1.29 is 14.4 Å². The Hall–Kier alpha value is -3.72. The Morgan fingerprint density at radius 2 is 1.69 bits per heavy atom. The van der Waals surface area contributed by atoms with Crippen molar-refractivity contribution >= 4 is 40.6 Å². The molecule has 5 N–H and O–H groups in total. The lowest BCUT2D eigenvalue weighted by Gasteiger charge is -2.31. The highest BCUT2D eigenvalue weighted by atomic mass is 32.1. The summed E-state index contributed by atoms with van der Waals surface area (Å²) < 4.78 is 3.99. The first-order valence-electron chi connectivity index (χ1n) is 12.0. The van der Waals surface area contributed by atoms with Crippen molar-refractivity contribution in [1.29, 1.82) is 0 Å². The van der Waals surface area contributed by atoms with Crippen LogP contribution in [0.3, 0.4) is 0 Å². The molecule has 0 bridgehead atoms. The van der Waals surface area contributed by atoms with Crippen molar-refractivity contribution in [2.75, 3.05) is 17.2 Å². The van der Waals surface area contributed by atoms with E-state index in [9.17, 15) is 14.4 Å². The van der Waals surface area contributed by atoms with Gasteiger partial charge in [0.05, 0.1) is 5.69 Å². The lowest BCUT2D eigenvalue weighted by atomic mass is 10.0. The molecule has 0 aliphatic carbocycles. The molecule has 190 valence electrons. The van der Waals surface area contributed by atoms with Gasteiger partial charge in [0.2, 0.25) is 5.91 Å². The minimum Gasteiger partial charge on any atom is -0.395 e. The van der Waals surface area contributed by atoms with Gasteiger partial charge in [-0.1, -0.05) is 62.7 Å². The van der Waals surface area contributed by atoms with Gasteiger partial charge in [-0.15, -0.1) is 0 Å². The summed E-state index contributed by atoms with van der Waals surface area (Å²) in [5.74, 6) is -1.26. The zero-order valence-corrected chi connectivity index (χ0v) is 21.9. The predicted octanol–water partition coefficient (Wildman–Crippen LogP) is 4.25. The number of hydrogen-bond acceptors (Lipinski definition) is 6. The molecule has 1 aromatic heterocycles. The minimum absolute atomic E-state index is 0.0514. The number of amides is 3. The van der Waals surface area contributed by atoms with E-state index in [1.54, 1.807) is 0 Å². The number of rotatable bonds is 10. The third kappa shape index (κ3) is 6.09. The number of nitrogens with zero attached hydrogens (tertiary/aromatic N) is 2. The van der Waals surface area contributed by atoms with Crippen LogP contribution in [0.1, 0.15) is 70.1 Å². The van der Waals surface area contributed by atoms with Crippen molar-refractivity contribution in [2.45, 2.75) is 46.6 Å². The van der Waals surface area contributed by atoms with Gasteiger partial charge in [0.25, 0.3) is 11.8 Å². The Kier molecular flexibility index (Phi) is 8.82. The molecule has 0 saturated carbocycles. The number of anilines is 2. The van der Waals surface area contributed by atoms with Gasteiger partial charge in [-0.3, -0.25) is 19.3 Å². The van der Waals surface area contributed by atoms with Crippen LogP contribution in [0.2, 0.25) is 0 Å². The molecule has 3 aromatic rings. The first-order valence-corrected chi connectivity index (χ1v) is 12.7. The lowest BCUT2D eigenvalue weighted by molar-refractivity contribution is -0.122. The molecule has 8 nitrogen and oxygen atoms in total. The third-order valence-electron chi connectivity index (χ3n) is 5.92. The van der Waals surface area contributed by atoms with Crippen LogP contribution in [0.4, 0.5) is 11.4 Å². The molecule has 0 fully saturated rings. The van der Waals surface area contributed by atoms with Crippen LogP contribution >= 0.6 is 11.5 Å².